The molecule has 3 aromatic rings. The molecule has 5 N–H and O–H groups in total. The van der Waals surface area contributed by atoms with Crippen LogP contribution in [0, 0.1) is 13.8 Å². The third kappa shape index (κ3) is 4.70. The molecule has 1 saturated heterocycles. The van der Waals surface area contributed by atoms with Crippen LogP contribution >= 0.6 is 0 Å². The molecular formula is C22H26F3N7O. The average Bonchev–Trinajstić information content (AvgIpc) is 2.74. The summed E-state index contributed by atoms with van der Waals surface area (Å²) in [6, 6.07) is 5.81. The molecule has 0 unspecified atom stereocenters. The summed E-state index contributed by atoms with van der Waals surface area (Å²) < 4.78 is 45.6. The summed E-state index contributed by atoms with van der Waals surface area (Å²) >= 11 is 0. The first-order chi connectivity index (χ1) is 15.5. The molecule has 2 aromatic heterocycles. The highest BCUT2D eigenvalue weighted by molar-refractivity contribution is 5.94. The van der Waals surface area contributed by atoms with Gasteiger partial charge in [0, 0.05) is 23.5 Å². The minimum absolute atomic E-state index is 0.0570. The zero-order valence-electron chi connectivity index (χ0n) is 18.5. The first-order valence-electron chi connectivity index (χ1n) is 10.5. The number of anilines is 2. The molecule has 33 heavy (non-hydrogen) atoms. The monoisotopic (exact) mass is 461 g/mol. The molecule has 4 rings (SSSR count). The van der Waals surface area contributed by atoms with Crippen LogP contribution in [0.4, 0.5) is 24.8 Å². The second-order valence-corrected chi connectivity index (χ2v) is 8.25. The molecule has 1 fully saturated rings. The van der Waals surface area contributed by atoms with Gasteiger partial charge in [-0.2, -0.15) is 18.3 Å². The zero-order chi connectivity index (χ0) is 23.9. The van der Waals surface area contributed by atoms with Gasteiger partial charge in [0.2, 0.25) is 0 Å². The Hall–Kier alpha value is -3.02. The predicted octanol–water partition coefficient (Wildman–Crippen LogP) is 3.24. The zero-order valence-corrected chi connectivity index (χ0v) is 18.5. The van der Waals surface area contributed by atoms with Crippen molar-refractivity contribution in [3.63, 3.8) is 0 Å². The molecule has 0 bridgehead atoms. The van der Waals surface area contributed by atoms with E-state index in [4.69, 9.17) is 16.2 Å². The Morgan fingerprint density at radius 2 is 1.94 bits per heavy atom. The maximum atomic E-state index is 13.3. The molecule has 11 heteroatoms. The van der Waals surface area contributed by atoms with Gasteiger partial charge in [0.1, 0.15) is 18.2 Å². The Morgan fingerprint density at radius 3 is 2.64 bits per heavy atom. The molecule has 0 spiro atoms. The number of ether oxygens (including phenoxy) is 1. The van der Waals surface area contributed by atoms with Crippen LogP contribution in [-0.4, -0.2) is 40.6 Å². The van der Waals surface area contributed by atoms with Crippen molar-refractivity contribution in [1.29, 1.82) is 0 Å². The second kappa shape index (κ2) is 8.73. The van der Waals surface area contributed by atoms with Crippen molar-refractivity contribution in [2.45, 2.75) is 45.4 Å². The van der Waals surface area contributed by atoms with Crippen LogP contribution in [0.15, 0.2) is 30.5 Å². The fourth-order valence-electron chi connectivity index (χ4n) is 4.14. The number of benzene rings is 1. The van der Waals surface area contributed by atoms with E-state index < -0.39 is 24.1 Å². The Balaban J connectivity index is 1.70. The van der Waals surface area contributed by atoms with E-state index in [2.05, 4.69) is 20.5 Å². The summed E-state index contributed by atoms with van der Waals surface area (Å²) in [6.45, 7) is 6.25. The normalized spacial score (nSPS) is 20.2. The third-order valence-corrected chi connectivity index (χ3v) is 5.75. The largest absolute Gasteiger partial charge is 0.416 e. The molecule has 0 saturated carbocycles. The van der Waals surface area contributed by atoms with E-state index in [0.717, 1.165) is 11.5 Å². The maximum Gasteiger partial charge on any atom is 0.416 e. The van der Waals surface area contributed by atoms with Gasteiger partial charge in [-0.3, -0.25) is 0 Å². The number of aryl methyl sites for hydroxylation is 1. The summed E-state index contributed by atoms with van der Waals surface area (Å²) in [5.41, 5.74) is 12.6. The van der Waals surface area contributed by atoms with Gasteiger partial charge in [0.05, 0.1) is 23.9 Å². The molecule has 8 nitrogen and oxygen atoms in total. The SMILES string of the molecule is Cc1c([C@@H](N)Nc2nnc(C)c3cnc(N4C[C@@H](C)O[C@H](N)C4)cc23)cccc1C(F)(F)F. The summed E-state index contributed by atoms with van der Waals surface area (Å²) in [6.07, 6.45) is -4.18. The minimum atomic E-state index is -4.47. The third-order valence-electron chi connectivity index (χ3n) is 5.75. The van der Waals surface area contributed by atoms with Crippen molar-refractivity contribution < 1.29 is 17.9 Å². The number of pyridine rings is 1. The van der Waals surface area contributed by atoms with Crippen LogP contribution in [0.5, 0.6) is 0 Å². The van der Waals surface area contributed by atoms with E-state index >= 15 is 0 Å². The van der Waals surface area contributed by atoms with E-state index in [1.165, 1.54) is 13.0 Å². The maximum absolute atomic E-state index is 13.3. The van der Waals surface area contributed by atoms with Crippen LogP contribution < -0.4 is 21.7 Å². The molecule has 3 atom stereocenters. The molecule has 176 valence electrons. The standard InChI is InChI=1S/C22H26F3N7O/c1-11-9-32(10-18(26)33-11)19-7-15-16(8-28-19)13(3)30-31-21(15)29-20(27)14-5-4-6-17(12(14)2)22(23,24)25/h4-8,11,18,20H,9-10,26-27H2,1-3H3,(H,29,31)/t11-,18+,20+/m1/s1. The number of nitrogens with zero attached hydrogens (tertiary/aromatic N) is 4. The minimum Gasteiger partial charge on any atom is -0.357 e. The Morgan fingerprint density at radius 1 is 1.18 bits per heavy atom. The number of nitrogens with two attached hydrogens (primary N) is 2. The average molecular weight is 461 g/mol. The Kier molecular flexibility index (Phi) is 6.12. The number of fused-ring (bicyclic) bond motifs is 1. The summed E-state index contributed by atoms with van der Waals surface area (Å²) in [4.78, 5) is 6.58. The number of morpholine rings is 1. The summed E-state index contributed by atoms with van der Waals surface area (Å²) in [7, 11) is 0. The molecule has 1 aromatic carbocycles. The van der Waals surface area contributed by atoms with Gasteiger partial charge in [-0.25, -0.2) is 4.98 Å². The van der Waals surface area contributed by atoms with Gasteiger partial charge >= 0.3 is 6.18 Å². The number of halogens is 3. The fourth-order valence-corrected chi connectivity index (χ4v) is 4.14. The van der Waals surface area contributed by atoms with Crippen LogP contribution in [-0.2, 0) is 10.9 Å². The van der Waals surface area contributed by atoms with E-state index in [1.807, 2.05) is 24.8 Å². The highest BCUT2D eigenvalue weighted by atomic mass is 19.4. The summed E-state index contributed by atoms with van der Waals surface area (Å²) in [5, 5.41) is 12.9. The van der Waals surface area contributed by atoms with Crippen LogP contribution in [0.2, 0.25) is 0 Å². The molecule has 0 aliphatic carbocycles. The molecule has 1 aliphatic rings. The smallest absolute Gasteiger partial charge is 0.357 e. The predicted molar refractivity (Wildman–Crippen MR) is 120 cm³/mol. The van der Waals surface area contributed by atoms with Gasteiger partial charge in [0.25, 0.3) is 0 Å². The van der Waals surface area contributed by atoms with Crippen molar-refractivity contribution in [3.05, 3.63) is 52.8 Å². The van der Waals surface area contributed by atoms with Crippen molar-refractivity contribution in [3.8, 4) is 0 Å². The first-order valence-corrected chi connectivity index (χ1v) is 10.5. The topological polar surface area (TPSA) is 115 Å². The van der Waals surface area contributed by atoms with Crippen LogP contribution in [0.3, 0.4) is 0 Å². The lowest BCUT2D eigenvalue weighted by Crippen LogP contribution is -2.50. The number of alkyl halides is 3. The Labute approximate surface area is 189 Å². The lowest BCUT2D eigenvalue weighted by atomic mass is 10.00. The lowest BCUT2D eigenvalue weighted by molar-refractivity contribution is -0.138. The van der Waals surface area contributed by atoms with Crippen LogP contribution in [0.25, 0.3) is 10.8 Å². The van der Waals surface area contributed by atoms with Gasteiger partial charge in [-0.1, -0.05) is 12.1 Å². The van der Waals surface area contributed by atoms with Crippen molar-refractivity contribution in [2.75, 3.05) is 23.3 Å². The van der Waals surface area contributed by atoms with E-state index in [-0.39, 0.29) is 11.7 Å². The van der Waals surface area contributed by atoms with Gasteiger partial charge in [0.15, 0.2) is 5.82 Å². The van der Waals surface area contributed by atoms with Crippen molar-refractivity contribution in [2.24, 2.45) is 11.5 Å². The van der Waals surface area contributed by atoms with E-state index in [1.54, 1.807) is 12.3 Å². The summed E-state index contributed by atoms with van der Waals surface area (Å²) in [5.74, 6) is 1.04. The van der Waals surface area contributed by atoms with Gasteiger partial charge in [-0.15, -0.1) is 5.10 Å². The number of rotatable bonds is 4. The van der Waals surface area contributed by atoms with Crippen molar-refractivity contribution in [1.82, 2.24) is 15.2 Å². The van der Waals surface area contributed by atoms with Crippen LogP contribution in [0.1, 0.15) is 35.5 Å². The second-order valence-electron chi connectivity index (χ2n) is 8.25. The first kappa shape index (κ1) is 23.1. The fraction of sp³-hybridized carbons (Fsp3) is 0.409. The van der Waals surface area contributed by atoms with Crippen molar-refractivity contribution >= 4 is 22.4 Å². The molecular weight excluding hydrogens is 435 g/mol. The molecule has 3 heterocycles. The molecule has 1 aliphatic heterocycles. The van der Waals surface area contributed by atoms with E-state index in [9.17, 15) is 13.2 Å². The quantitative estimate of drug-likeness (QED) is 0.508. The van der Waals surface area contributed by atoms with E-state index in [0.29, 0.717) is 41.4 Å². The molecule has 0 amide bonds. The molecule has 0 radical (unpaired) electrons. The number of nitrogens with one attached hydrogen (secondary N) is 1. The Bertz CT molecular complexity index is 1160. The lowest BCUT2D eigenvalue weighted by Gasteiger charge is -2.35. The number of hydrogen-bond donors (Lipinski definition) is 3. The highest BCUT2D eigenvalue weighted by Crippen LogP contribution is 2.35. The number of aromatic nitrogens is 3. The highest BCUT2D eigenvalue weighted by Gasteiger charge is 2.33. The van der Waals surface area contributed by atoms with Gasteiger partial charge in [-0.05, 0) is 44.0 Å². The number of hydrogen-bond acceptors (Lipinski definition) is 8. The van der Waals surface area contributed by atoms with Gasteiger partial charge < -0.3 is 26.4 Å².